The van der Waals surface area contributed by atoms with Crippen LogP contribution in [-0.2, 0) is 35.4 Å². The number of pyridine rings is 3. The summed E-state index contributed by atoms with van der Waals surface area (Å²) in [5, 5.41) is 1.29. The largest absolute Gasteiger partial charge is 0.545 e. The van der Waals surface area contributed by atoms with Crippen molar-refractivity contribution in [2.24, 2.45) is 0 Å². The zero-order valence-electron chi connectivity index (χ0n) is 15.1. The minimum atomic E-state index is -0.306. The van der Waals surface area contributed by atoms with Gasteiger partial charge in [0.25, 0.3) is 0 Å². The predicted molar refractivity (Wildman–Crippen MR) is 104 cm³/mol. The average molecular weight is 590 g/mol. The SMILES string of the molecule is O=C1c2cccc(n2)Sc2cccc(n2)C(=O)c2cccc1n2.[CH-]=O.[CH-]=O.[CH-]=O.[W]. The zero-order valence-corrected chi connectivity index (χ0v) is 18.9. The fourth-order valence-electron chi connectivity index (χ4n) is 2.25. The molecule has 1 aliphatic heterocycles. The maximum atomic E-state index is 12.5. The monoisotopic (exact) mass is 590 g/mol. The molecule has 6 bridgehead atoms. The molecule has 0 aliphatic carbocycles. The van der Waals surface area contributed by atoms with E-state index in [-0.39, 0.29) is 44.0 Å². The van der Waals surface area contributed by atoms with Crippen LogP contribution >= 0.6 is 11.8 Å². The fraction of sp³-hybridized carbons (Fsp3) is 0. The van der Waals surface area contributed by atoms with Crippen LogP contribution < -0.4 is 0 Å². The van der Waals surface area contributed by atoms with E-state index in [0.29, 0.717) is 21.4 Å². The van der Waals surface area contributed by atoms with E-state index in [0.717, 1.165) is 0 Å². The van der Waals surface area contributed by atoms with Crippen molar-refractivity contribution in [1.29, 1.82) is 0 Å². The Morgan fingerprint density at radius 3 is 1.20 bits per heavy atom. The number of carbonyl (C=O) groups is 2. The van der Waals surface area contributed by atoms with Gasteiger partial charge in [-0.1, -0.05) is 30.0 Å². The van der Waals surface area contributed by atoms with Crippen LogP contribution in [0, 0.1) is 0 Å². The van der Waals surface area contributed by atoms with Crippen LogP contribution in [0.3, 0.4) is 0 Å². The molecule has 0 amide bonds. The summed E-state index contributed by atoms with van der Waals surface area (Å²) < 4.78 is 0. The van der Waals surface area contributed by atoms with Gasteiger partial charge in [-0.25, -0.2) is 15.0 Å². The molecular weight excluding hydrogens is 578 g/mol. The minimum Gasteiger partial charge on any atom is -0.545 e. The minimum absolute atomic E-state index is 0. The first kappa shape index (κ1) is 26.8. The maximum absolute atomic E-state index is 12.5. The summed E-state index contributed by atoms with van der Waals surface area (Å²) in [6.45, 7) is 9.75. The first-order valence-corrected chi connectivity index (χ1v) is 8.41. The number of hydrogen-bond acceptors (Lipinski definition) is 9. The van der Waals surface area contributed by atoms with Gasteiger partial charge in [-0.3, -0.25) is 30.0 Å². The Kier molecular flexibility index (Phi) is 12.5. The Balaban J connectivity index is 0.00000111. The van der Waals surface area contributed by atoms with E-state index >= 15 is 0 Å². The van der Waals surface area contributed by atoms with Crippen molar-refractivity contribution in [2.75, 3.05) is 0 Å². The quantitative estimate of drug-likeness (QED) is 0.224. The van der Waals surface area contributed by atoms with Gasteiger partial charge in [0.15, 0.2) is 0 Å². The van der Waals surface area contributed by atoms with Crippen LogP contribution in [0.25, 0.3) is 0 Å². The van der Waals surface area contributed by atoms with E-state index in [1.165, 1.54) is 11.8 Å². The van der Waals surface area contributed by atoms with Crippen molar-refractivity contribution in [3.63, 3.8) is 0 Å². The normalized spacial score (nSPS) is 10.5. The number of aromatic nitrogens is 3. The summed E-state index contributed by atoms with van der Waals surface area (Å²) in [5.74, 6) is -0.612. The Morgan fingerprint density at radius 1 is 0.533 bits per heavy atom. The van der Waals surface area contributed by atoms with Gasteiger partial charge in [0.05, 0.1) is 0 Å². The van der Waals surface area contributed by atoms with Gasteiger partial charge in [-0.2, -0.15) is 0 Å². The first-order chi connectivity index (χ1) is 14.2. The summed E-state index contributed by atoms with van der Waals surface area (Å²) in [4.78, 5) is 61.2. The number of ketones is 2. The Labute approximate surface area is 190 Å². The van der Waals surface area contributed by atoms with Crippen molar-refractivity contribution < 1.29 is 45.0 Å². The molecule has 0 radical (unpaired) electrons. The Morgan fingerprint density at radius 2 is 0.833 bits per heavy atom. The van der Waals surface area contributed by atoms with E-state index in [1.54, 1.807) is 54.6 Å². The molecule has 1 aliphatic rings. The molecular formula is C20H12N3O5SW-3. The summed E-state index contributed by atoms with van der Waals surface area (Å²) in [7, 11) is 0. The molecule has 4 heterocycles. The van der Waals surface area contributed by atoms with Crippen molar-refractivity contribution in [2.45, 2.75) is 10.1 Å². The van der Waals surface area contributed by atoms with Gasteiger partial charge in [0.1, 0.15) is 32.8 Å². The van der Waals surface area contributed by atoms with Crippen LogP contribution in [0.2, 0.25) is 0 Å². The van der Waals surface area contributed by atoms with E-state index in [2.05, 4.69) is 35.3 Å². The number of fused-ring (bicyclic) bond motifs is 6. The van der Waals surface area contributed by atoms with Crippen molar-refractivity contribution >= 4 is 43.7 Å². The molecule has 0 N–H and O–H groups in total. The average Bonchev–Trinajstić information content (AvgIpc) is 2.82. The molecule has 3 aromatic rings. The summed E-state index contributed by atoms with van der Waals surface area (Å²) in [6.07, 6.45) is 0. The third-order valence-electron chi connectivity index (χ3n) is 3.34. The zero-order chi connectivity index (χ0) is 21.8. The summed E-state index contributed by atoms with van der Waals surface area (Å²) >= 11 is 1.31. The predicted octanol–water partition coefficient (Wildman–Crippen LogP) is 1.97. The number of carbonyl (C=O) groups excluding carboxylic acids is 5. The van der Waals surface area contributed by atoms with E-state index in [4.69, 9.17) is 14.4 Å². The molecule has 30 heavy (non-hydrogen) atoms. The van der Waals surface area contributed by atoms with E-state index < -0.39 is 0 Å². The molecule has 0 saturated carbocycles. The van der Waals surface area contributed by atoms with E-state index in [1.807, 2.05) is 0 Å². The van der Waals surface area contributed by atoms with Gasteiger partial charge in [-0.05, 0) is 36.4 Å². The molecule has 3 aromatic heterocycles. The molecule has 152 valence electrons. The number of rotatable bonds is 0. The molecule has 0 unspecified atom stereocenters. The topological polar surface area (TPSA) is 124 Å². The molecule has 0 atom stereocenters. The smallest absolute Gasteiger partial charge is 0.229 e. The number of hydrogen-bond donors (Lipinski definition) is 0. The molecule has 10 heteroatoms. The summed E-state index contributed by atoms with van der Waals surface area (Å²) in [5.41, 5.74) is 0.983. The molecule has 0 spiro atoms. The third-order valence-corrected chi connectivity index (χ3v) is 4.21. The second kappa shape index (κ2) is 13.9. The van der Waals surface area contributed by atoms with Gasteiger partial charge in [0.2, 0.25) is 11.6 Å². The maximum Gasteiger partial charge on any atom is 0.229 e. The van der Waals surface area contributed by atoms with Crippen molar-refractivity contribution in [1.82, 2.24) is 15.0 Å². The van der Waals surface area contributed by atoms with Gasteiger partial charge >= 0.3 is 0 Å². The van der Waals surface area contributed by atoms with Crippen LogP contribution in [0.4, 0.5) is 0 Å². The van der Waals surface area contributed by atoms with Crippen LogP contribution in [0.15, 0.2) is 64.6 Å². The van der Waals surface area contributed by atoms with Crippen LogP contribution in [-0.4, -0.2) is 46.9 Å². The molecule has 0 aromatic carbocycles. The Hall–Kier alpha value is -3.16. The van der Waals surface area contributed by atoms with Crippen LogP contribution in [0.1, 0.15) is 32.4 Å². The summed E-state index contributed by atoms with van der Waals surface area (Å²) in [6, 6.07) is 15.2. The first-order valence-electron chi connectivity index (χ1n) is 7.60. The van der Waals surface area contributed by atoms with Crippen LogP contribution in [0.5, 0.6) is 0 Å². The van der Waals surface area contributed by atoms with E-state index in [9.17, 15) is 9.59 Å². The number of nitrogens with zero attached hydrogens (tertiary/aromatic N) is 3. The van der Waals surface area contributed by atoms with Gasteiger partial charge in [0, 0.05) is 21.1 Å². The third kappa shape index (κ3) is 6.43. The van der Waals surface area contributed by atoms with Gasteiger partial charge < -0.3 is 14.4 Å². The van der Waals surface area contributed by atoms with Crippen molar-refractivity contribution in [3.8, 4) is 0 Å². The molecule has 0 saturated heterocycles. The standard InChI is InChI=1S/C17H9N3O2S.3CHO.W/c21-16-10-4-1-5-11(18-10)17(22)13-7-3-9-15(20-13)23-14-8-2-6-12(16)19-14;3*1-2;/h1-9H;3*1H;/q;3*-1;. The molecule has 0 fully saturated rings. The second-order valence-electron chi connectivity index (χ2n) is 4.89. The molecule has 8 nitrogen and oxygen atoms in total. The van der Waals surface area contributed by atoms with Crippen molar-refractivity contribution in [3.05, 3.63) is 77.4 Å². The van der Waals surface area contributed by atoms with Gasteiger partial charge in [-0.15, -0.1) is 0 Å². The fourth-order valence-corrected chi connectivity index (χ4v) is 3.05. The second-order valence-corrected chi connectivity index (χ2v) is 5.93. The Bertz CT molecular complexity index is 941. The molecule has 4 rings (SSSR count).